The average Bonchev–Trinajstić information content (AvgIpc) is 1.61. The van der Waals surface area contributed by atoms with Crippen LogP contribution in [-0.2, 0) is 182 Å². The number of anilines is 4. The topological polar surface area (TPSA) is 855 Å². The second-order valence-electron chi connectivity index (χ2n) is 33.1. The number of hydrogen-bond donors (Lipinski definition) is 9. The molecule has 0 radical (unpaired) electrons. The number of hydrogen-bond acceptors (Lipinski definition) is 59. The van der Waals surface area contributed by atoms with Crippen molar-refractivity contribution in [3.05, 3.63) is 124 Å². The molecule has 814 valence electrons. The first-order valence-electron chi connectivity index (χ1n) is 44.1. The molecule has 148 heavy (non-hydrogen) atoms. The summed E-state index contributed by atoms with van der Waals surface area (Å²) in [6.07, 6.45) is -29.0. The number of nitrogens with one attached hydrogen (secondary N) is 4. The van der Waals surface area contributed by atoms with Crippen LogP contribution in [0.1, 0.15) is 61.3 Å². The Morgan fingerprint density at radius 1 is 0.399 bits per heavy atom. The number of aliphatic hydroxyl groups excluding tert-OH is 1. The van der Waals surface area contributed by atoms with Crippen LogP contribution in [0.15, 0.2) is 79.1 Å². The molecule has 6 aliphatic heterocycles. The molecule has 75 heteroatoms. The van der Waals surface area contributed by atoms with Crippen molar-refractivity contribution >= 4 is 158 Å². The molecule has 10 aromatic heterocycles. The second-order valence-corrected chi connectivity index (χ2v) is 46.7. The van der Waals surface area contributed by atoms with Gasteiger partial charge in [0, 0.05) is 71.9 Å². The first-order valence-corrected chi connectivity index (χ1v) is 57.2. The number of phosphoric acid groups is 2. The van der Waals surface area contributed by atoms with E-state index in [2.05, 4.69) is 69.8 Å². The van der Waals surface area contributed by atoms with E-state index in [1.165, 1.54) is 68.5 Å². The van der Waals surface area contributed by atoms with E-state index in [4.69, 9.17) is 191 Å². The van der Waals surface area contributed by atoms with Gasteiger partial charge in [0.25, 0.3) is 37.9 Å². The Morgan fingerprint density at radius 2 is 0.750 bits per heavy atom. The highest BCUT2D eigenvalue weighted by atomic mass is 32.7. The van der Waals surface area contributed by atoms with E-state index in [9.17, 15) is 48.6 Å². The number of nitrogens with zero attached hydrogens (tertiary/aromatic N) is 16. The predicted octanol–water partition coefficient (Wildman–Crippen LogP) is -5.35. The largest absolute Gasteiger partial charge is 0.780 e. The zero-order valence-corrected chi connectivity index (χ0v) is 86.8. The third kappa shape index (κ3) is 25.8. The Bertz CT molecular complexity index is 7110. The Kier molecular flexibility index (Phi) is 36.2. The lowest BCUT2D eigenvalue weighted by molar-refractivity contribution is -0.241. The minimum Gasteiger partial charge on any atom is -0.780 e. The van der Waals surface area contributed by atoms with Crippen molar-refractivity contribution in [3.8, 4) is 0 Å². The summed E-state index contributed by atoms with van der Waals surface area (Å²) in [5, 5.41) is 10.8. The summed E-state index contributed by atoms with van der Waals surface area (Å²) in [6.45, 7) is -25.5. The number of aryl methyl sites for hydroxylation is 2. The van der Waals surface area contributed by atoms with E-state index in [-0.39, 0.29) is 119 Å². The molecule has 0 aromatic carbocycles. The number of ether oxygens (including phenoxy) is 14. The number of H-pyrrole nitrogens is 4. The zero-order valence-electron chi connectivity index (χ0n) is 78.2. The average molecular weight is 2280 g/mol. The molecule has 0 aliphatic carbocycles. The third-order valence-corrected chi connectivity index (χ3v) is 31.8. The van der Waals surface area contributed by atoms with Crippen LogP contribution < -0.4 is 81.0 Å². The van der Waals surface area contributed by atoms with Crippen molar-refractivity contribution in [1.29, 1.82) is 0 Å². The maximum absolute atomic E-state index is 15.4. The van der Waals surface area contributed by atoms with Gasteiger partial charge in [-0.1, -0.05) is 35.4 Å². The number of rotatable bonds is 51. The predicted molar refractivity (Wildman–Crippen MR) is 502 cm³/mol. The highest BCUT2D eigenvalue weighted by molar-refractivity contribution is 8.32. The summed E-state index contributed by atoms with van der Waals surface area (Å²) >= 11 is 21.7. The summed E-state index contributed by atoms with van der Waals surface area (Å²) in [5.74, 6) is -0.993. The number of nitrogen functional groups attached to an aromatic ring is 4. The Balaban J connectivity index is 0.684. The van der Waals surface area contributed by atoms with Crippen molar-refractivity contribution in [2.75, 3.05) is 151 Å². The lowest BCUT2D eigenvalue weighted by Crippen LogP contribution is -2.42. The fourth-order valence-corrected chi connectivity index (χ4v) is 23.9. The van der Waals surface area contributed by atoms with E-state index in [0.717, 1.165) is 58.6 Å². The molecule has 0 amide bonds. The zero-order chi connectivity index (χ0) is 106. The molecule has 13 N–H and O–H groups in total. The highest BCUT2D eigenvalue weighted by Gasteiger charge is 2.56. The molecule has 0 saturated carbocycles. The summed E-state index contributed by atoms with van der Waals surface area (Å²) in [5.41, 5.74) is 18.3. The molecule has 10 aromatic rings. The molecular weight excluding hydrogens is 2180 g/mol. The smallest absolute Gasteiger partial charge is 0.330 e. The molecular formula is C73H96N24O41P6S4-6. The Hall–Kier alpha value is -7.93. The van der Waals surface area contributed by atoms with Crippen LogP contribution >= 0.6 is 42.6 Å². The van der Waals surface area contributed by atoms with Crippen molar-refractivity contribution in [1.82, 2.24) is 97.2 Å². The van der Waals surface area contributed by atoms with E-state index in [1.54, 1.807) is 0 Å². The van der Waals surface area contributed by atoms with Gasteiger partial charge in [0.05, 0.1) is 130 Å². The first-order chi connectivity index (χ1) is 70.4. The molecule has 6 fully saturated rings. The standard InChI is InChI=1S/C73H102N24O41P6S4/c1-32-18-92(72(103)90-62(32)99)42-16-34(133-141(109,145)117-7)37(127-42)21-124-142(110,146)134-35-17-43(94-28-82-44-56(74)78-26-80-58(44)94)128-38(35)22-125-143(111,147)138-51-40(130-66(55(51)121-15-11-116-6)93-19-33(2)63(100)91-73(93)104)24-123-140(107,108)135-49-39(131-67(53(49)119-13-9-114-4)95-29-83-45-57(75)79-27-81-59(45)95)23-122-139(105,106)136-50-41(132-69(54(50)120-14-10-115-5)97-31-85-47-61(97)87-71(77)89-65(47)102)25-126-144(112,148)137-48-36(20-98)129-68(52(48)118-12-8-113-3)96-30-84-46-60(96)86-70(76)88-64(46)101/h18-19,26-31,34-43,48-55,66-69,98H,8-17,20-25H2,1-7H3,(H,105,106)(H,107,108)(H,109,145)(H,110,146)(H,111,147)(H,112,148)(H2,74,78,80)(H2,75,79,81)(H,90,99,103)(H,91,100,104)(H3,76,86,88,101)(H3,77,87,89,102)/p-6/t34?,35?,36-,37-,38-,39-,40-,41-,42-,43-,48?,49?,50?,51?,52+,53+,54+,55+,66-,67-,68-,69-,141?,142?,143?,144?/m1/s1. The highest BCUT2D eigenvalue weighted by Crippen LogP contribution is 2.57. The van der Waals surface area contributed by atoms with Gasteiger partial charge in [0.2, 0.25) is 11.9 Å². The molecule has 0 bridgehead atoms. The summed E-state index contributed by atoms with van der Waals surface area (Å²) in [6, 6.07) is 0. The lowest BCUT2D eigenvalue weighted by atomic mass is 10.1. The number of imidazole rings is 4. The van der Waals surface area contributed by atoms with Crippen molar-refractivity contribution in [2.24, 2.45) is 0 Å². The number of nitrogens with two attached hydrogens (primary N) is 4. The molecule has 12 unspecified atom stereocenters. The maximum Gasteiger partial charge on any atom is 0.330 e. The molecule has 6 aliphatic rings. The van der Waals surface area contributed by atoms with Gasteiger partial charge >= 0.3 is 11.4 Å². The monoisotopic (exact) mass is 2280 g/mol. The Labute approximate surface area is 851 Å². The van der Waals surface area contributed by atoms with Gasteiger partial charge in [-0.3, -0.25) is 80.2 Å². The van der Waals surface area contributed by atoms with Crippen molar-refractivity contribution in [3.63, 3.8) is 0 Å². The summed E-state index contributed by atoms with van der Waals surface area (Å²) in [4.78, 5) is 203. The van der Waals surface area contributed by atoms with Crippen LogP contribution in [-0.4, -0.2) is 328 Å². The minimum absolute atomic E-state index is 0.0470. The molecule has 65 nitrogen and oxygen atoms in total. The van der Waals surface area contributed by atoms with Gasteiger partial charge in [-0.15, -0.1) is 0 Å². The summed E-state index contributed by atoms with van der Waals surface area (Å²) < 4.78 is 207. The second kappa shape index (κ2) is 47.6. The number of aromatic amines is 4. The van der Waals surface area contributed by atoms with Gasteiger partial charge < -0.3 is 185 Å². The minimum atomic E-state index is -6.22. The van der Waals surface area contributed by atoms with Crippen LogP contribution in [0.2, 0.25) is 0 Å². The maximum atomic E-state index is 15.4. The molecule has 0 spiro atoms. The van der Waals surface area contributed by atoms with Crippen molar-refractivity contribution < 1.29 is 164 Å². The van der Waals surface area contributed by atoms with Gasteiger partial charge in [0.15, 0.2) is 77.0 Å². The normalized spacial score (nSPS) is 28.9. The number of fused-ring (bicyclic) bond motifs is 4. The number of phosphoric ester groups is 2. The lowest BCUT2D eigenvalue weighted by Gasteiger charge is -2.36. The fourth-order valence-electron chi connectivity index (χ4n) is 16.7. The van der Waals surface area contributed by atoms with E-state index in [0.29, 0.717) is 0 Å². The van der Waals surface area contributed by atoms with Crippen LogP contribution in [0.4, 0.5) is 23.5 Å². The Morgan fingerprint density at radius 3 is 1.19 bits per heavy atom. The quantitative estimate of drug-likeness (QED) is 0.00976. The van der Waals surface area contributed by atoms with E-state index >= 15 is 23.5 Å². The van der Waals surface area contributed by atoms with Crippen LogP contribution in [0.25, 0.3) is 44.7 Å². The number of methoxy groups -OCH3 is 4. The number of aliphatic hydroxyl groups is 1. The first kappa shape index (κ1) is 113. The molecule has 28 atom stereocenters. The summed E-state index contributed by atoms with van der Waals surface area (Å²) in [7, 11) is -6.17. The molecule has 16 rings (SSSR count). The SMILES string of the molecule is COCCO[C@H]1C(OP(=O)([S-])OC[C@H]2O[C@@H](n3cnc4c(N)ncnc43)CC2OP([O-])(=S)OC[C@H]2O[C@@H](n3cc(C)c(=O)[nH]c3=O)CC2OP([O-])(=S)OC)[C@@H](COP(=O)([O-])OC2[C@@H](COP(=O)([O-])OC3[C@@H](COP([O-])(=S)OC4[C@@H](CO)O[C@@H](n5cnc6c(=O)[nH]c(N)nc65)[C@H]4OCCOC)O[C@@H](n4cnc5c(=O)[nH]c(N)nc54)[C@H]3OCCOC)O[C@@H](n3cnc4c(N)ncnc43)[C@H]2OCCOC)O[C@H]1n1cc(C)c(=O)[nH]c1=O. The third-order valence-electron chi connectivity index (χ3n) is 23.5. The van der Waals surface area contributed by atoms with E-state index < -0.39 is 277 Å². The van der Waals surface area contributed by atoms with Gasteiger partial charge in [-0.2, -0.15) is 9.97 Å². The molecule has 6 saturated heterocycles. The molecule has 16 heterocycles. The number of aromatic nitrogens is 20. The fraction of sp³-hybridized carbons (Fsp3) is 0.616. The van der Waals surface area contributed by atoms with Crippen molar-refractivity contribution in [2.45, 2.75) is 162 Å². The van der Waals surface area contributed by atoms with Crippen LogP contribution in [0.3, 0.4) is 0 Å². The van der Waals surface area contributed by atoms with Crippen LogP contribution in [0.5, 0.6) is 0 Å². The van der Waals surface area contributed by atoms with Crippen LogP contribution in [0, 0.1) is 13.8 Å². The van der Waals surface area contributed by atoms with Gasteiger partial charge in [0.1, 0.15) is 142 Å². The van der Waals surface area contributed by atoms with Gasteiger partial charge in [-0.05, 0) is 13.8 Å². The van der Waals surface area contributed by atoms with Gasteiger partial charge in [-0.25, -0.2) is 49.5 Å². The van der Waals surface area contributed by atoms with E-state index in [1.807, 2.05) is 0 Å².